The number of allylic oxidation sites excluding steroid dienone is 1. The number of fused-ring (bicyclic) bond motifs is 1. The van der Waals surface area contributed by atoms with Gasteiger partial charge in [0.05, 0.1) is 24.9 Å². The molecule has 1 aliphatic heterocycles. The number of aliphatic imine (C=N–C) groups is 1. The van der Waals surface area contributed by atoms with Gasteiger partial charge in [-0.2, -0.15) is 0 Å². The van der Waals surface area contributed by atoms with Crippen molar-refractivity contribution in [1.82, 2.24) is 0 Å². The molecule has 1 aliphatic rings. The lowest BCUT2D eigenvalue weighted by Gasteiger charge is -2.18. The molecule has 0 saturated carbocycles. The van der Waals surface area contributed by atoms with Gasteiger partial charge in [-0.3, -0.25) is 4.99 Å². The Morgan fingerprint density at radius 2 is 1.88 bits per heavy atom. The Bertz CT molecular complexity index is 792. The van der Waals surface area contributed by atoms with Crippen LogP contribution in [0.15, 0.2) is 59.6 Å². The summed E-state index contributed by atoms with van der Waals surface area (Å²) < 4.78 is 4.71. The van der Waals surface area contributed by atoms with Crippen LogP contribution in [0.3, 0.4) is 0 Å². The van der Waals surface area contributed by atoms with Crippen LogP contribution in [-0.2, 0) is 4.74 Å². The molecule has 4 heteroatoms. The summed E-state index contributed by atoms with van der Waals surface area (Å²) in [5.41, 5.74) is 4.88. The number of para-hydroxylation sites is 1. The molecule has 2 aromatic carbocycles. The molecule has 0 spiro atoms. The lowest BCUT2D eigenvalue weighted by Crippen LogP contribution is -2.20. The monoisotopic (exact) mass is 320 g/mol. The lowest BCUT2D eigenvalue weighted by atomic mass is 10.1. The van der Waals surface area contributed by atoms with Crippen LogP contribution < -0.4 is 4.90 Å². The van der Waals surface area contributed by atoms with Crippen LogP contribution in [-0.4, -0.2) is 38.9 Å². The molecule has 0 atom stereocenters. The predicted molar refractivity (Wildman–Crippen MR) is 97.9 cm³/mol. The Hall–Kier alpha value is -2.88. The number of benzodiazepines with no additional fused rings is 1. The summed E-state index contributed by atoms with van der Waals surface area (Å²) in [4.78, 5) is 18.4. The third-order valence-corrected chi connectivity index (χ3v) is 4.07. The van der Waals surface area contributed by atoms with Crippen LogP contribution >= 0.6 is 0 Å². The van der Waals surface area contributed by atoms with E-state index in [9.17, 15) is 4.79 Å². The van der Waals surface area contributed by atoms with E-state index < -0.39 is 0 Å². The van der Waals surface area contributed by atoms with E-state index in [2.05, 4.69) is 24.1 Å². The molecule has 0 radical (unpaired) electrons. The number of hydrogen-bond acceptors (Lipinski definition) is 4. The standard InChI is InChI=1S/C20H20N2O2/c1-22-14-13-21-18(17-5-3-4-6-19(17)22)12-9-15-7-10-16(11-8-15)20(23)24-2/h3-12H,13-14H2,1-2H3/b12-9+. The van der Waals surface area contributed by atoms with Gasteiger partial charge in [-0.1, -0.05) is 36.4 Å². The second-order valence-corrected chi connectivity index (χ2v) is 5.65. The summed E-state index contributed by atoms with van der Waals surface area (Å²) in [6.07, 6.45) is 4.05. The molecule has 0 amide bonds. The predicted octanol–water partition coefficient (Wildman–Crippen LogP) is 3.43. The molecule has 0 saturated heterocycles. The average Bonchev–Trinajstić information content (AvgIpc) is 2.79. The summed E-state index contributed by atoms with van der Waals surface area (Å²) in [5, 5.41) is 0. The number of nitrogens with zero attached hydrogens (tertiary/aromatic N) is 2. The van der Waals surface area contributed by atoms with E-state index in [4.69, 9.17) is 9.73 Å². The maximum Gasteiger partial charge on any atom is 0.337 e. The van der Waals surface area contributed by atoms with Crippen molar-refractivity contribution in [3.63, 3.8) is 0 Å². The van der Waals surface area contributed by atoms with Gasteiger partial charge in [0.15, 0.2) is 0 Å². The summed E-state index contributed by atoms with van der Waals surface area (Å²) in [6.45, 7) is 1.67. The van der Waals surface area contributed by atoms with Gasteiger partial charge >= 0.3 is 5.97 Å². The average molecular weight is 320 g/mol. The zero-order chi connectivity index (χ0) is 16.9. The van der Waals surface area contributed by atoms with E-state index in [0.717, 1.165) is 29.9 Å². The smallest absolute Gasteiger partial charge is 0.337 e. The molecule has 0 aromatic heterocycles. The van der Waals surface area contributed by atoms with Gasteiger partial charge in [0.2, 0.25) is 0 Å². The Balaban J connectivity index is 1.85. The number of methoxy groups -OCH3 is 1. The van der Waals surface area contributed by atoms with Crippen molar-refractivity contribution in [2.24, 2.45) is 4.99 Å². The van der Waals surface area contributed by atoms with E-state index in [0.29, 0.717) is 5.56 Å². The largest absolute Gasteiger partial charge is 0.465 e. The molecule has 0 fully saturated rings. The number of carbonyl (C=O) groups is 1. The van der Waals surface area contributed by atoms with Crippen molar-refractivity contribution in [1.29, 1.82) is 0 Å². The lowest BCUT2D eigenvalue weighted by molar-refractivity contribution is 0.0600. The number of esters is 1. The van der Waals surface area contributed by atoms with Gasteiger partial charge in [-0.15, -0.1) is 0 Å². The Morgan fingerprint density at radius 3 is 2.62 bits per heavy atom. The summed E-state index contributed by atoms with van der Waals surface area (Å²) in [6, 6.07) is 15.6. The molecule has 3 rings (SSSR count). The Labute approximate surface area is 142 Å². The molecule has 4 nitrogen and oxygen atoms in total. The van der Waals surface area contributed by atoms with E-state index >= 15 is 0 Å². The SMILES string of the molecule is COC(=O)c1ccc(/C=C/C2=NCCN(C)c3ccccc32)cc1. The highest BCUT2D eigenvalue weighted by Gasteiger charge is 2.13. The maximum absolute atomic E-state index is 11.5. The van der Waals surface area contributed by atoms with Crippen molar-refractivity contribution >= 4 is 23.4 Å². The fourth-order valence-corrected chi connectivity index (χ4v) is 2.71. The van der Waals surface area contributed by atoms with Crippen molar-refractivity contribution in [3.8, 4) is 0 Å². The summed E-state index contributed by atoms with van der Waals surface area (Å²) in [5.74, 6) is -0.323. The normalized spacial score (nSPS) is 14.1. The molecular formula is C20H20N2O2. The molecule has 122 valence electrons. The van der Waals surface area contributed by atoms with Gasteiger partial charge < -0.3 is 9.64 Å². The van der Waals surface area contributed by atoms with Crippen molar-refractivity contribution in [2.45, 2.75) is 0 Å². The fourth-order valence-electron chi connectivity index (χ4n) is 2.71. The minimum Gasteiger partial charge on any atom is -0.465 e. The second kappa shape index (κ2) is 7.13. The third-order valence-electron chi connectivity index (χ3n) is 4.07. The molecule has 1 heterocycles. The highest BCUT2D eigenvalue weighted by Crippen LogP contribution is 2.23. The minimum atomic E-state index is -0.323. The first-order chi connectivity index (χ1) is 11.7. The summed E-state index contributed by atoms with van der Waals surface area (Å²) >= 11 is 0. The molecule has 0 bridgehead atoms. The first kappa shape index (κ1) is 16.0. The fraction of sp³-hybridized carbons (Fsp3) is 0.200. The number of likely N-dealkylation sites (N-methyl/N-ethyl adjacent to an activating group) is 1. The Morgan fingerprint density at radius 1 is 1.12 bits per heavy atom. The molecule has 0 unspecified atom stereocenters. The molecule has 2 aromatic rings. The van der Waals surface area contributed by atoms with Gasteiger partial charge in [-0.05, 0) is 29.8 Å². The first-order valence-electron chi connectivity index (χ1n) is 7.90. The number of anilines is 1. The van der Waals surface area contributed by atoms with Crippen molar-refractivity contribution in [2.75, 3.05) is 32.1 Å². The summed E-state index contributed by atoms with van der Waals surface area (Å²) in [7, 11) is 3.47. The van der Waals surface area contributed by atoms with Gasteiger partial charge in [0.25, 0.3) is 0 Å². The van der Waals surface area contributed by atoms with Crippen LogP contribution in [0.1, 0.15) is 21.5 Å². The third kappa shape index (κ3) is 3.38. The van der Waals surface area contributed by atoms with E-state index in [1.807, 2.05) is 36.4 Å². The number of benzene rings is 2. The number of hydrogen-bond donors (Lipinski definition) is 0. The van der Waals surface area contributed by atoms with Crippen molar-refractivity contribution in [3.05, 3.63) is 71.3 Å². The van der Waals surface area contributed by atoms with Crippen LogP contribution in [0.25, 0.3) is 6.08 Å². The highest BCUT2D eigenvalue weighted by atomic mass is 16.5. The number of carbonyl (C=O) groups excluding carboxylic acids is 1. The van der Waals surface area contributed by atoms with Gasteiger partial charge in [-0.25, -0.2) is 4.79 Å². The highest BCUT2D eigenvalue weighted by molar-refractivity contribution is 6.14. The van der Waals surface area contributed by atoms with E-state index in [1.165, 1.54) is 12.8 Å². The van der Waals surface area contributed by atoms with E-state index in [-0.39, 0.29) is 5.97 Å². The van der Waals surface area contributed by atoms with E-state index in [1.54, 1.807) is 12.1 Å². The van der Waals surface area contributed by atoms with Crippen LogP contribution in [0, 0.1) is 0 Å². The second-order valence-electron chi connectivity index (χ2n) is 5.65. The zero-order valence-electron chi connectivity index (χ0n) is 13.9. The Kier molecular flexibility index (Phi) is 4.75. The zero-order valence-corrected chi connectivity index (χ0v) is 13.9. The molecule has 0 aliphatic carbocycles. The first-order valence-corrected chi connectivity index (χ1v) is 7.90. The van der Waals surface area contributed by atoms with Crippen LogP contribution in [0.4, 0.5) is 5.69 Å². The number of ether oxygens (including phenoxy) is 1. The van der Waals surface area contributed by atoms with Gasteiger partial charge in [0.1, 0.15) is 0 Å². The quantitative estimate of drug-likeness (QED) is 0.814. The van der Waals surface area contributed by atoms with Crippen LogP contribution in [0.2, 0.25) is 0 Å². The van der Waals surface area contributed by atoms with Crippen LogP contribution in [0.5, 0.6) is 0 Å². The molecular weight excluding hydrogens is 300 g/mol. The molecule has 0 N–H and O–H groups in total. The van der Waals surface area contributed by atoms with Gasteiger partial charge in [0, 0.05) is 24.8 Å². The van der Waals surface area contributed by atoms with Crippen molar-refractivity contribution < 1.29 is 9.53 Å². The maximum atomic E-state index is 11.5. The molecule has 24 heavy (non-hydrogen) atoms. The minimum absolute atomic E-state index is 0.323. The number of rotatable bonds is 3. The topological polar surface area (TPSA) is 41.9 Å².